The summed E-state index contributed by atoms with van der Waals surface area (Å²) in [6, 6.07) is 24.5. The molecule has 0 amide bonds. The molecule has 0 saturated carbocycles. The molecule has 1 heterocycles. The highest BCUT2D eigenvalue weighted by Gasteiger charge is 2.22. The number of esters is 1. The summed E-state index contributed by atoms with van der Waals surface area (Å²) in [4.78, 5) is 32.6. The molecule has 11 heteroatoms. The van der Waals surface area contributed by atoms with Crippen molar-refractivity contribution in [2.24, 2.45) is 10.2 Å². The van der Waals surface area contributed by atoms with Crippen LogP contribution in [0.4, 0.5) is 17.1 Å². The summed E-state index contributed by atoms with van der Waals surface area (Å²) in [6.07, 6.45) is 0.360. The van der Waals surface area contributed by atoms with Crippen molar-refractivity contribution in [2.45, 2.75) is 23.0 Å². The molecule has 0 saturated heterocycles. The number of hydrogen-bond acceptors (Lipinski definition) is 8. The predicted molar refractivity (Wildman–Crippen MR) is 162 cm³/mol. The number of carbonyl (C=O) groups is 1. The van der Waals surface area contributed by atoms with E-state index in [0.29, 0.717) is 47.6 Å². The minimum absolute atomic E-state index is 0.153. The van der Waals surface area contributed by atoms with Gasteiger partial charge in [-0.05, 0) is 54.1 Å². The maximum absolute atomic E-state index is 12.5. The summed E-state index contributed by atoms with van der Waals surface area (Å²) in [5.74, 6) is 0.205. The van der Waals surface area contributed by atoms with E-state index < -0.39 is 0 Å². The first-order valence-corrected chi connectivity index (χ1v) is 14.3. The number of hydrogen-bond donors (Lipinski definition) is 1. The Kier molecular flexibility index (Phi) is 10.2. The molecule has 2 atom stereocenters. The van der Waals surface area contributed by atoms with Gasteiger partial charge in [0.05, 0.1) is 51.0 Å². The number of aromatic amines is 1. The van der Waals surface area contributed by atoms with Gasteiger partial charge < -0.3 is 14.6 Å². The van der Waals surface area contributed by atoms with Gasteiger partial charge in [-0.15, -0.1) is 0 Å². The Labute approximate surface area is 248 Å². The van der Waals surface area contributed by atoms with Crippen LogP contribution in [0.2, 0.25) is 0 Å². The lowest BCUT2D eigenvalue weighted by molar-refractivity contribution is -0.140. The number of nitrogens with zero attached hydrogens (tertiary/aromatic N) is 5. The van der Waals surface area contributed by atoms with Crippen molar-refractivity contribution in [3.8, 4) is 6.07 Å². The molecule has 9 nitrogen and oxygen atoms in total. The lowest BCUT2D eigenvalue weighted by Crippen LogP contribution is -2.28. The fourth-order valence-corrected chi connectivity index (χ4v) is 5.05. The van der Waals surface area contributed by atoms with Crippen molar-refractivity contribution in [1.29, 1.82) is 5.26 Å². The fraction of sp³-hybridized carbons (Fsp3) is 0.241. The first kappa shape index (κ1) is 29.1. The van der Waals surface area contributed by atoms with Crippen LogP contribution in [0.15, 0.2) is 87.8 Å². The van der Waals surface area contributed by atoms with Crippen LogP contribution in [0.25, 0.3) is 10.9 Å². The average molecular weight is 666 g/mol. The molecule has 0 aliphatic carbocycles. The van der Waals surface area contributed by atoms with Crippen LogP contribution in [0.5, 0.6) is 0 Å². The number of alkyl halides is 2. The molecule has 40 heavy (non-hydrogen) atoms. The summed E-state index contributed by atoms with van der Waals surface area (Å²) in [7, 11) is 0. The Bertz CT molecular complexity index is 1580. The van der Waals surface area contributed by atoms with Crippen molar-refractivity contribution in [3.63, 3.8) is 0 Å². The van der Waals surface area contributed by atoms with E-state index in [0.717, 1.165) is 11.3 Å². The van der Waals surface area contributed by atoms with Crippen LogP contribution in [-0.4, -0.2) is 35.6 Å². The molecule has 4 rings (SSSR count). The van der Waals surface area contributed by atoms with Crippen molar-refractivity contribution in [3.05, 3.63) is 94.5 Å². The van der Waals surface area contributed by atoms with Gasteiger partial charge in [0, 0.05) is 19.2 Å². The molecule has 0 spiro atoms. The van der Waals surface area contributed by atoms with E-state index in [4.69, 9.17) is 10.00 Å². The third kappa shape index (κ3) is 7.61. The topological polar surface area (TPSA) is 124 Å². The van der Waals surface area contributed by atoms with Gasteiger partial charge in [-0.2, -0.15) is 15.5 Å². The van der Waals surface area contributed by atoms with Gasteiger partial charge in [-0.1, -0.05) is 56.1 Å². The second-order valence-corrected chi connectivity index (χ2v) is 10.8. The Balaban J connectivity index is 1.40. The van der Waals surface area contributed by atoms with Crippen molar-refractivity contribution < 1.29 is 9.53 Å². The number of H-pyrrole nitrogens is 1. The van der Waals surface area contributed by atoms with Crippen LogP contribution >= 0.6 is 31.9 Å². The third-order valence-electron chi connectivity index (χ3n) is 6.02. The fourth-order valence-electron chi connectivity index (χ4n) is 3.97. The van der Waals surface area contributed by atoms with Crippen molar-refractivity contribution in [2.75, 3.05) is 24.6 Å². The van der Waals surface area contributed by atoms with Gasteiger partial charge >= 0.3 is 5.97 Å². The summed E-state index contributed by atoms with van der Waals surface area (Å²) >= 11 is 7.40. The summed E-state index contributed by atoms with van der Waals surface area (Å²) < 4.78 is 5.04. The van der Waals surface area contributed by atoms with Crippen LogP contribution < -0.4 is 10.5 Å². The number of rotatable bonds is 11. The number of azo groups is 1. The molecule has 1 N–H and O–H groups in total. The van der Waals surface area contributed by atoms with Crippen molar-refractivity contribution in [1.82, 2.24) is 9.97 Å². The molecular formula is C29H26Br2N6O3. The standard InChI is InChI=1S/C29H26Br2N6O3/c1-19(38)40-18-17-37(16-4-15-32)23-13-11-22(12-14-23)36-35-21-9-7-20(8-10-21)26(30)27(31)28-33-25-6-3-2-5-24(25)29(39)34-28/h2-3,5-14,26-27H,4,16-18H2,1H3,(H,33,34,39). The number of aromatic nitrogens is 2. The zero-order chi connectivity index (χ0) is 28.5. The zero-order valence-electron chi connectivity index (χ0n) is 21.6. The molecule has 0 aliphatic heterocycles. The molecule has 4 aromatic rings. The SMILES string of the molecule is CC(=O)OCCN(CCC#N)c1ccc(N=Nc2ccc(C(Br)C(Br)c3nc4ccccc4c(=O)[nH]3)cc2)cc1. The molecular weight excluding hydrogens is 640 g/mol. The van der Waals surface area contributed by atoms with Crippen molar-refractivity contribution >= 4 is 65.8 Å². The number of nitriles is 1. The molecule has 0 radical (unpaired) electrons. The second-order valence-electron chi connectivity index (χ2n) is 8.81. The zero-order valence-corrected chi connectivity index (χ0v) is 24.8. The lowest BCUT2D eigenvalue weighted by atomic mass is 10.1. The first-order chi connectivity index (χ1) is 19.4. The molecule has 3 aromatic carbocycles. The van der Waals surface area contributed by atoms with E-state index >= 15 is 0 Å². The van der Waals surface area contributed by atoms with E-state index in [9.17, 15) is 9.59 Å². The monoisotopic (exact) mass is 664 g/mol. The van der Waals surface area contributed by atoms with Crippen LogP contribution in [0.3, 0.4) is 0 Å². The number of fused-ring (bicyclic) bond motifs is 1. The Morgan fingerprint density at radius 2 is 1.65 bits per heavy atom. The Morgan fingerprint density at radius 1 is 1.00 bits per heavy atom. The Morgan fingerprint density at radius 3 is 2.30 bits per heavy atom. The molecule has 1 aromatic heterocycles. The Hall–Kier alpha value is -3.88. The summed E-state index contributed by atoms with van der Waals surface area (Å²) in [6.45, 7) is 2.64. The van der Waals surface area contributed by atoms with E-state index in [1.54, 1.807) is 6.07 Å². The molecule has 2 unspecified atom stereocenters. The van der Waals surface area contributed by atoms with E-state index in [-0.39, 0.29) is 27.8 Å². The average Bonchev–Trinajstić information content (AvgIpc) is 2.97. The molecule has 0 aliphatic rings. The summed E-state index contributed by atoms with van der Waals surface area (Å²) in [5, 5.41) is 18.2. The van der Waals surface area contributed by atoms with Gasteiger partial charge in [0.1, 0.15) is 12.4 Å². The number of carbonyl (C=O) groups excluding carboxylic acids is 1. The highest BCUT2D eigenvalue weighted by molar-refractivity contribution is 9.12. The number of benzene rings is 3. The quantitative estimate of drug-likeness (QED) is 0.103. The lowest BCUT2D eigenvalue weighted by Gasteiger charge is -2.23. The van der Waals surface area contributed by atoms with Gasteiger partial charge in [-0.3, -0.25) is 9.59 Å². The number of ether oxygens (including phenoxy) is 1. The van der Waals surface area contributed by atoms with E-state index in [1.165, 1.54) is 6.92 Å². The number of para-hydroxylation sites is 1. The normalized spacial score (nSPS) is 12.7. The minimum atomic E-state index is -0.332. The largest absolute Gasteiger partial charge is 0.464 e. The molecule has 0 bridgehead atoms. The number of anilines is 1. The smallest absolute Gasteiger partial charge is 0.302 e. The highest BCUT2D eigenvalue weighted by Crippen LogP contribution is 2.41. The maximum atomic E-state index is 12.5. The maximum Gasteiger partial charge on any atom is 0.302 e. The minimum Gasteiger partial charge on any atom is -0.464 e. The third-order valence-corrected chi connectivity index (χ3v) is 8.75. The summed E-state index contributed by atoms with van der Waals surface area (Å²) in [5.41, 5.74) is 3.72. The first-order valence-electron chi connectivity index (χ1n) is 12.5. The van der Waals surface area contributed by atoms with Gasteiger partial charge in [0.15, 0.2) is 0 Å². The number of nitrogens with one attached hydrogen (secondary N) is 1. The van der Waals surface area contributed by atoms with Crippen LogP contribution in [0.1, 0.15) is 34.4 Å². The van der Waals surface area contributed by atoms with Gasteiger partial charge in [0.2, 0.25) is 0 Å². The van der Waals surface area contributed by atoms with E-state index in [1.807, 2.05) is 71.6 Å². The van der Waals surface area contributed by atoms with E-state index in [2.05, 4.69) is 58.1 Å². The van der Waals surface area contributed by atoms with Crippen LogP contribution in [-0.2, 0) is 9.53 Å². The molecule has 204 valence electrons. The predicted octanol–water partition coefficient (Wildman–Crippen LogP) is 7.19. The van der Waals surface area contributed by atoms with Crippen LogP contribution in [0, 0.1) is 11.3 Å². The highest BCUT2D eigenvalue weighted by atomic mass is 79.9. The second kappa shape index (κ2) is 14.0. The van der Waals surface area contributed by atoms with Gasteiger partial charge in [-0.25, -0.2) is 4.98 Å². The number of halogens is 2. The van der Waals surface area contributed by atoms with Gasteiger partial charge in [0.25, 0.3) is 5.56 Å². The molecule has 0 fully saturated rings.